The monoisotopic (exact) mass is 255 g/mol. The van der Waals surface area contributed by atoms with Crippen LogP contribution in [0.15, 0.2) is 0 Å². The number of ketones is 1. The molecular weight excluding hydrogens is 238 g/mol. The molecule has 94 valence electrons. The van der Waals surface area contributed by atoms with E-state index in [-0.39, 0.29) is 5.78 Å². The maximum Gasteiger partial charge on any atom is 0.140 e. The second-order valence-electron chi connectivity index (χ2n) is 4.68. The summed E-state index contributed by atoms with van der Waals surface area (Å²) in [5.74, 6) is 0.231. The zero-order chi connectivity index (χ0) is 12.4. The molecule has 0 saturated carbocycles. The van der Waals surface area contributed by atoms with E-state index in [9.17, 15) is 4.79 Å². The molecule has 17 heavy (non-hydrogen) atoms. The van der Waals surface area contributed by atoms with Gasteiger partial charge in [0.1, 0.15) is 5.78 Å². The molecule has 2 rings (SSSR count). The summed E-state index contributed by atoms with van der Waals surface area (Å²) in [5, 5.41) is 8.17. The Labute approximate surface area is 106 Å². The van der Waals surface area contributed by atoms with Crippen molar-refractivity contribution < 1.29 is 4.79 Å². The Morgan fingerprint density at radius 2 is 2.41 bits per heavy atom. The van der Waals surface area contributed by atoms with Gasteiger partial charge in [-0.15, -0.1) is 0 Å². The number of Topliss-reactive ketones (excluding diaryl/α,β-unsaturated/α-hetero) is 1. The zero-order valence-corrected chi connectivity index (χ0v) is 11.0. The van der Waals surface area contributed by atoms with E-state index < -0.39 is 0 Å². The van der Waals surface area contributed by atoms with Gasteiger partial charge in [-0.05, 0) is 26.3 Å². The molecule has 1 aromatic rings. The molecule has 0 spiro atoms. The van der Waals surface area contributed by atoms with E-state index >= 15 is 0 Å². The van der Waals surface area contributed by atoms with Crippen LogP contribution in [0.4, 0.5) is 0 Å². The maximum absolute atomic E-state index is 11.9. The Hall–Kier alpha value is -0.870. The van der Waals surface area contributed by atoms with Crippen LogP contribution in [0.3, 0.4) is 0 Å². The third-order valence-corrected chi connectivity index (χ3v) is 3.75. The van der Waals surface area contributed by atoms with Gasteiger partial charge in [-0.1, -0.05) is 11.6 Å². The minimum Gasteiger partial charge on any atom is -0.314 e. The van der Waals surface area contributed by atoms with Crippen LogP contribution in [0.25, 0.3) is 0 Å². The van der Waals surface area contributed by atoms with E-state index in [1.54, 1.807) is 4.68 Å². The third kappa shape index (κ3) is 2.87. The van der Waals surface area contributed by atoms with Gasteiger partial charge in [0.2, 0.25) is 0 Å². The number of aromatic nitrogens is 2. The third-order valence-electron chi connectivity index (χ3n) is 3.26. The number of nitrogens with zero attached hydrogens (tertiary/aromatic N) is 2. The number of rotatable bonds is 4. The van der Waals surface area contributed by atoms with Crippen molar-refractivity contribution >= 4 is 17.4 Å². The highest BCUT2D eigenvalue weighted by Gasteiger charge is 2.20. The molecule has 0 amide bonds. The smallest absolute Gasteiger partial charge is 0.140 e. The van der Waals surface area contributed by atoms with Crippen molar-refractivity contribution in [1.29, 1.82) is 0 Å². The fraction of sp³-hybridized carbons (Fsp3) is 0.667. The first-order valence-corrected chi connectivity index (χ1v) is 6.38. The highest BCUT2D eigenvalue weighted by Crippen LogP contribution is 2.21. The second-order valence-corrected chi connectivity index (χ2v) is 5.06. The van der Waals surface area contributed by atoms with Gasteiger partial charge in [-0.25, -0.2) is 0 Å². The Kier molecular flexibility index (Phi) is 3.84. The summed E-state index contributed by atoms with van der Waals surface area (Å²) in [6.07, 6.45) is 3.25. The molecule has 0 bridgehead atoms. The first kappa shape index (κ1) is 12.6. The summed E-state index contributed by atoms with van der Waals surface area (Å²) in [5.41, 5.74) is 1.61. The SMILES string of the molecule is Cc1nn(C)c(CC(=O)CC2CCCN2)c1Cl. The molecule has 2 heterocycles. The topological polar surface area (TPSA) is 46.9 Å². The number of hydrogen-bond donors (Lipinski definition) is 1. The Morgan fingerprint density at radius 3 is 2.94 bits per heavy atom. The van der Waals surface area contributed by atoms with Crippen molar-refractivity contribution in [1.82, 2.24) is 15.1 Å². The number of carbonyl (C=O) groups excluding carboxylic acids is 1. The van der Waals surface area contributed by atoms with E-state index in [1.165, 1.54) is 6.42 Å². The molecule has 5 heteroatoms. The largest absolute Gasteiger partial charge is 0.314 e. The molecule has 0 aromatic carbocycles. The van der Waals surface area contributed by atoms with E-state index in [0.29, 0.717) is 23.9 Å². The molecule has 1 aromatic heterocycles. The minimum atomic E-state index is 0.231. The van der Waals surface area contributed by atoms with Crippen LogP contribution in [0, 0.1) is 6.92 Å². The van der Waals surface area contributed by atoms with Crippen molar-refractivity contribution in [2.45, 2.75) is 38.6 Å². The van der Waals surface area contributed by atoms with Crippen LogP contribution in [0.2, 0.25) is 5.02 Å². The Bertz CT molecular complexity index is 422. The molecule has 4 nitrogen and oxygen atoms in total. The maximum atomic E-state index is 11.9. The van der Waals surface area contributed by atoms with Gasteiger partial charge >= 0.3 is 0 Å². The van der Waals surface area contributed by atoms with Crippen molar-refractivity contribution in [2.24, 2.45) is 7.05 Å². The Morgan fingerprint density at radius 1 is 1.65 bits per heavy atom. The number of hydrogen-bond acceptors (Lipinski definition) is 3. The van der Waals surface area contributed by atoms with Crippen LogP contribution < -0.4 is 5.32 Å². The lowest BCUT2D eigenvalue weighted by molar-refractivity contribution is -0.118. The number of aryl methyl sites for hydroxylation is 2. The highest BCUT2D eigenvalue weighted by atomic mass is 35.5. The van der Waals surface area contributed by atoms with Gasteiger partial charge in [0.05, 0.1) is 16.4 Å². The average molecular weight is 256 g/mol. The number of carbonyl (C=O) groups is 1. The van der Waals surface area contributed by atoms with E-state index in [2.05, 4.69) is 10.4 Å². The number of nitrogens with one attached hydrogen (secondary N) is 1. The van der Waals surface area contributed by atoms with Crippen LogP contribution in [-0.2, 0) is 18.3 Å². The molecule has 1 aliphatic heterocycles. The normalized spacial score (nSPS) is 19.8. The standard InChI is InChI=1S/C12H18ClN3O/c1-8-12(13)11(16(2)15-8)7-10(17)6-9-4-3-5-14-9/h9,14H,3-7H2,1-2H3. The first-order valence-electron chi connectivity index (χ1n) is 6.01. The van der Waals surface area contributed by atoms with Gasteiger partial charge in [-0.3, -0.25) is 9.48 Å². The van der Waals surface area contributed by atoms with Crippen molar-refractivity contribution in [3.05, 3.63) is 16.4 Å². The van der Waals surface area contributed by atoms with Crippen LogP contribution in [-0.4, -0.2) is 28.2 Å². The molecule has 1 N–H and O–H groups in total. The van der Waals surface area contributed by atoms with Crippen LogP contribution in [0.5, 0.6) is 0 Å². The molecule has 1 saturated heterocycles. The highest BCUT2D eigenvalue weighted by molar-refractivity contribution is 6.32. The minimum absolute atomic E-state index is 0.231. The van der Waals surface area contributed by atoms with Gasteiger partial charge in [0.15, 0.2) is 0 Å². The van der Waals surface area contributed by atoms with Crippen molar-refractivity contribution in [2.75, 3.05) is 6.54 Å². The zero-order valence-electron chi connectivity index (χ0n) is 10.3. The Balaban J connectivity index is 1.97. The lowest BCUT2D eigenvalue weighted by Gasteiger charge is -2.09. The van der Waals surface area contributed by atoms with Gasteiger partial charge < -0.3 is 5.32 Å². The molecule has 1 aliphatic rings. The van der Waals surface area contributed by atoms with Crippen LogP contribution >= 0.6 is 11.6 Å². The second kappa shape index (κ2) is 5.19. The van der Waals surface area contributed by atoms with E-state index in [0.717, 1.165) is 24.4 Å². The van der Waals surface area contributed by atoms with E-state index in [4.69, 9.17) is 11.6 Å². The number of halogens is 1. The molecule has 1 atom stereocenters. The molecule has 1 fully saturated rings. The molecule has 0 radical (unpaired) electrons. The van der Waals surface area contributed by atoms with E-state index in [1.807, 2.05) is 14.0 Å². The van der Waals surface area contributed by atoms with Crippen molar-refractivity contribution in [3.8, 4) is 0 Å². The summed E-state index contributed by atoms with van der Waals surface area (Å²) in [4.78, 5) is 11.9. The fourth-order valence-corrected chi connectivity index (χ4v) is 2.56. The van der Waals surface area contributed by atoms with Gasteiger partial charge in [-0.2, -0.15) is 5.10 Å². The van der Waals surface area contributed by atoms with Crippen LogP contribution in [0.1, 0.15) is 30.7 Å². The predicted octanol–water partition coefficient (Wildman–Crippen LogP) is 1.64. The van der Waals surface area contributed by atoms with Gasteiger partial charge in [0.25, 0.3) is 0 Å². The van der Waals surface area contributed by atoms with Crippen molar-refractivity contribution in [3.63, 3.8) is 0 Å². The summed E-state index contributed by atoms with van der Waals surface area (Å²) in [7, 11) is 1.83. The predicted molar refractivity (Wildman–Crippen MR) is 67.3 cm³/mol. The summed E-state index contributed by atoms with van der Waals surface area (Å²) >= 11 is 6.12. The lowest BCUT2D eigenvalue weighted by atomic mass is 10.1. The quantitative estimate of drug-likeness (QED) is 0.890. The summed E-state index contributed by atoms with van der Waals surface area (Å²) in [6, 6.07) is 0.357. The summed E-state index contributed by atoms with van der Waals surface area (Å²) < 4.78 is 1.71. The summed E-state index contributed by atoms with van der Waals surface area (Å²) in [6.45, 7) is 2.89. The lowest BCUT2D eigenvalue weighted by Crippen LogP contribution is -2.25. The fourth-order valence-electron chi connectivity index (χ4n) is 2.34. The molecule has 0 aliphatic carbocycles. The first-order chi connectivity index (χ1) is 8.08. The van der Waals surface area contributed by atoms with Gasteiger partial charge in [0, 0.05) is 25.9 Å². The molecular formula is C12H18ClN3O. The average Bonchev–Trinajstić information content (AvgIpc) is 2.83. The molecule has 1 unspecified atom stereocenters.